The first-order chi connectivity index (χ1) is 16.2. The Hall–Kier alpha value is -3.71. The summed E-state index contributed by atoms with van der Waals surface area (Å²) < 4.78 is 9.64. The molecule has 33 heavy (non-hydrogen) atoms. The van der Waals surface area contributed by atoms with Crippen molar-refractivity contribution in [3.63, 3.8) is 0 Å². The van der Waals surface area contributed by atoms with Crippen molar-refractivity contribution in [2.75, 3.05) is 18.1 Å². The zero-order chi connectivity index (χ0) is 22.1. The summed E-state index contributed by atoms with van der Waals surface area (Å²) in [5, 5.41) is 11.9. The van der Waals surface area contributed by atoms with Crippen LogP contribution in [0.1, 0.15) is 12.0 Å². The molecule has 0 amide bonds. The van der Waals surface area contributed by atoms with Crippen LogP contribution in [0.25, 0.3) is 38.8 Å². The van der Waals surface area contributed by atoms with Gasteiger partial charge in [-0.05, 0) is 37.1 Å². The molecule has 2 aliphatic heterocycles. The minimum Gasteiger partial charge on any atom is -0.374 e. The Morgan fingerprint density at radius 2 is 1.91 bits per heavy atom. The summed E-state index contributed by atoms with van der Waals surface area (Å²) in [6.07, 6.45) is 5.47. The second-order valence-corrected chi connectivity index (χ2v) is 9.14. The molecule has 2 fully saturated rings. The number of anilines is 1. The number of benzene rings is 2. The van der Waals surface area contributed by atoms with E-state index in [1.165, 1.54) is 5.56 Å². The number of hydrogen-bond donors (Lipinski definition) is 0. The fourth-order valence-corrected chi connectivity index (χ4v) is 5.44. The topological polar surface area (TPSA) is 61.0 Å². The van der Waals surface area contributed by atoms with Gasteiger partial charge in [-0.1, -0.05) is 30.3 Å². The molecule has 0 radical (unpaired) electrons. The number of ether oxygens (including phenoxy) is 1. The van der Waals surface area contributed by atoms with E-state index >= 15 is 0 Å². The minimum absolute atomic E-state index is 0.354. The zero-order valence-corrected chi connectivity index (χ0v) is 18.6. The molecule has 2 atom stereocenters. The predicted octanol–water partition coefficient (Wildman–Crippen LogP) is 4.26. The van der Waals surface area contributed by atoms with Crippen LogP contribution in [-0.2, 0) is 11.8 Å². The number of morpholine rings is 1. The van der Waals surface area contributed by atoms with Gasteiger partial charge in [-0.25, -0.2) is 9.67 Å². The normalized spacial score (nSPS) is 19.9. The van der Waals surface area contributed by atoms with Gasteiger partial charge >= 0.3 is 0 Å². The fourth-order valence-electron chi connectivity index (χ4n) is 5.44. The molecule has 2 aromatic carbocycles. The van der Waals surface area contributed by atoms with Crippen molar-refractivity contribution < 1.29 is 4.74 Å². The van der Waals surface area contributed by atoms with E-state index in [2.05, 4.69) is 65.6 Å². The van der Waals surface area contributed by atoms with E-state index in [1.54, 1.807) is 0 Å². The Morgan fingerprint density at radius 3 is 2.70 bits per heavy atom. The Morgan fingerprint density at radius 1 is 1.00 bits per heavy atom. The number of hydrogen-bond acceptors (Lipinski definition) is 5. The van der Waals surface area contributed by atoms with Gasteiger partial charge in [-0.15, -0.1) is 0 Å². The highest BCUT2D eigenvalue weighted by Gasteiger charge is 2.39. The first kappa shape index (κ1) is 18.8. The van der Waals surface area contributed by atoms with E-state index in [0.717, 1.165) is 64.1 Å². The maximum atomic E-state index is 5.75. The van der Waals surface area contributed by atoms with Crippen LogP contribution in [-0.4, -0.2) is 49.8 Å². The average molecular weight is 437 g/mol. The number of nitrogens with zero attached hydrogens (tertiary/aromatic N) is 6. The van der Waals surface area contributed by atoms with Gasteiger partial charge < -0.3 is 9.64 Å². The second-order valence-electron chi connectivity index (χ2n) is 9.14. The molecule has 5 aromatic rings. The monoisotopic (exact) mass is 436 g/mol. The number of rotatable bonds is 3. The van der Waals surface area contributed by atoms with Crippen LogP contribution in [0.5, 0.6) is 0 Å². The third kappa shape index (κ3) is 2.82. The molecule has 2 aliphatic rings. The summed E-state index contributed by atoms with van der Waals surface area (Å²) in [4.78, 5) is 7.20. The van der Waals surface area contributed by atoms with Gasteiger partial charge in [0, 0.05) is 36.1 Å². The number of fused-ring (bicyclic) bond motifs is 4. The van der Waals surface area contributed by atoms with Crippen LogP contribution in [0.2, 0.25) is 0 Å². The van der Waals surface area contributed by atoms with Crippen LogP contribution in [0.4, 0.5) is 5.82 Å². The second kappa shape index (κ2) is 6.89. The van der Waals surface area contributed by atoms with E-state index in [4.69, 9.17) is 14.8 Å². The molecule has 0 N–H and O–H groups in total. The van der Waals surface area contributed by atoms with Gasteiger partial charge in [0.15, 0.2) is 0 Å². The van der Waals surface area contributed by atoms with E-state index in [0.29, 0.717) is 12.1 Å². The Kier molecular flexibility index (Phi) is 3.93. The van der Waals surface area contributed by atoms with Gasteiger partial charge in [-0.3, -0.25) is 4.68 Å². The lowest BCUT2D eigenvalue weighted by Crippen LogP contribution is -2.37. The number of para-hydroxylation sites is 1. The quantitative estimate of drug-likeness (QED) is 0.423. The molecule has 7 heteroatoms. The SMILES string of the molecule is Cc1cccc2c(-c3cccc4nn(C)cc34)nn(-c3ccc(N4CC5CC4CO5)nc3)c12. The first-order valence-corrected chi connectivity index (χ1v) is 11.4. The Bertz CT molecular complexity index is 1520. The van der Waals surface area contributed by atoms with E-state index in [9.17, 15) is 0 Å². The first-order valence-electron chi connectivity index (χ1n) is 11.4. The largest absolute Gasteiger partial charge is 0.374 e. The number of aromatic nitrogens is 5. The third-order valence-electron chi connectivity index (χ3n) is 7.00. The molecule has 2 bridgehead atoms. The van der Waals surface area contributed by atoms with Gasteiger partial charge in [0.25, 0.3) is 0 Å². The summed E-state index contributed by atoms with van der Waals surface area (Å²) in [6, 6.07) is 17.3. The third-order valence-corrected chi connectivity index (χ3v) is 7.00. The molecular weight excluding hydrogens is 412 g/mol. The molecule has 2 saturated heterocycles. The van der Waals surface area contributed by atoms with E-state index in [1.807, 2.05) is 28.7 Å². The van der Waals surface area contributed by atoms with Crippen molar-refractivity contribution in [3.05, 3.63) is 66.5 Å². The lowest BCUT2D eigenvalue weighted by Gasteiger charge is -2.27. The van der Waals surface area contributed by atoms with E-state index < -0.39 is 0 Å². The molecule has 7 rings (SSSR count). The molecular formula is C26H24N6O. The fraction of sp³-hybridized carbons (Fsp3) is 0.269. The molecule has 0 spiro atoms. The number of pyridine rings is 1. The summed E-state index contributed by atoms with van der Waals surface area (Å²) >= 11 is 0. The molecule has 0 aliphatic carbocycles. The van der Waals surface area contributed by atoms with Crippen LogP contribution in [0.3, 0.4) is 0 Å². The Labute approximate surface area is 191 Å². The summed E-state index contributed by atoms with van der Waals surface area (Å²) in [7, 11) is 1.95. The lowest BCUT2D eigenvalue weighted by atomic mass is 10.0. The zero-order valence-electron chi connectivity index (χ0n) is 18.6. The van der Waals surface area contributed by atoms with Crippen molar-refractivity contribution in [2.24, 2.45) is 7.05 Å². The maximum absolute atomic E-state index is 5.75. The van der Waals surface area contributed by atoms with Crippen molar-refractivity contribution >= 4 is 27.6 Å². The summed E-state index contributed by atoms with van der Waals surface area (Å²) in [5.41, 5.74) is 6.28. The molecule has 7 nitrogen and oxygen atoms in total. The highest BCUT2D eigenvalue weighted by molar-refractivity contribution is 6.03. The highest BCUT2D eigenvalue weighted by atomic mass is 16.5. The summed E-state index contributed by atoms with van der Waals surface area (Å²) in [5.74, 6) is 1.02. The van der Waals surface area contributed by atoms with Crippen LogP contribution in [0.15, 0.2) is 60.9 Å². The standard InChI is InChI=1S/C26H24N6O/c1-16-5-3-7-21-25(20-6-4-8-23-22(20)14-30(2)28-23)29-32(26(16)21)17-9-10-24(27-12-17)31-13-19-11-18(31)15-33-19/h3-10,12,14,18-19H,11,13,15H2,1-2H3. The summed E-state index contributed by atoms with van der Waals surface area (Å²) in [6.45, 7) is 3.87. The lowest BCUT2D eigenvalue weighted by molar-refractivity contribution is 0.0989. The predicted molar refractivity (Wildman–Crippen MR) is 129 cm³/mol. The molecule has 0 saturated carbocycles. The van der Waals surface area contributed by atoms with Gasteiger partial charge in [0.05, 0.1) is 41.7 Å². The van der Waals surface area contributed by atoms with Crippen molar-refractivity contribution in [1.82, 2.24) is 24.5 Å². The van der Waals surface area contributed by atoms with Gasteiger partial charge in [0.1, 0.15) is 11.5 Å². The van der Waals surface area contributed by atoms with Crippen LogP contribution < -0.4 is 4.90 Å². The van der Waals surface area contributed by atoms with Crippen molar-refractivity contribution in [2.45, 2.75) is 25.5 Å². The Balaban J connectivity index is 1.37. The molecule has 3 aromatic heterocycles. The molecule has 2 unspecified atom stereocenters. The van der Waals surface area contributed by atoms with Crippen molar-refractivity contribution in [3.8, 4) is 16.9 Å². The van der Waals surface area contributed by atoms with Gasteiger partial charge in [0.2, 0.25) is 0 Å². The minimum atomic E-state index is 0.354. The average Bonchev–Trinajstić information content (AvgIpc) is 3.61. The van der Waals surface area contributed by atoms with E-state index in [-0.39, 0.29) is 0 Å². The van der Waals surface area contributed by atoms with Crippen LogP contribution in [0, 0.1) is 6.92 Å². The number of aryl methyl sites for hydroxylation is 2. The molecule has 5 heterocycles. The van der Waals surface area contributed by atoms with Gasteiger partial charge in [-0.2, -0.15) is 10.2 Å². The highest BCUT2D eigenvalue weighted by Crippen LogP contribution is 2.36. The van der Waals surface area contributed by atoms with Crippen molar-refractivity contribution in [1.29, 1.82) is 0 Å². The smallest absolute Gasteiger partial charge is 0.129 e. The maximum Gasteiger partial charge on any atom is 0.129 e. The molecule has 164 valence electrons. The van der Waals surface area contributed by atoms with Crippen LogP contribution >= 0.6 is 0 Å².